The molecule has 110 valence electrons. The third-order valence-corrected chi connectivity index (χ3v) is 4.01. The highest BCUT2D eigenvalue weighted by Crippen LogP contribution is 2.31. The molecule has 2 aromatic rings. The fourth-order valence-corrected chi connectivity index (χ4v) is 2.79. The molecule has 1 amide bonds. The Morgan fingerprint density at radius 3 is 2.86 bits per heavy atom. The van der Waals surface area contributed by atoms with E-state index < -0.39 is 0 Å². The van der Waals surface area contributed by atoms with E-state index in [1.807, 2.05) is 19.1 Å². The van der Waals surface area contributed by atoms with Crippen molar-refractivity contribution in [3.05, 3.63) is 64.7 Å². The van der Waals surface area contributed by atoms with Crippen molar-refractivity contribution in [3.63, 3.8) is 0 Å². The molecule has 1 atom stereocenters. The van der Waals surface area contributed by atoms with Gasteiger partial charge in [-0.25, -0.2) is 0 Å². The lowest BCUT2D eigenvalue weighted by atomic mass is 10.0. The minimum atomic E-state index is -0.0654. The number of nitriles is 1. The van der Waals surface area contributed by atoms with Crippen molar-refractivity contribution in [2.75, 3.05) is 11.4 Å². The van der Waals surface area contributed by atoms with Gasteiger partial charge in [-0.1, -0.05) is 18.2 Å². The summed E-state index contributed by atoms with van der Waals surface area (Å²) in [5.74, 6) is -0.0654. The van der Waals surface area contributed by atoms with Crippen molar-refractivity contribution in [3.8, 4) is 6.07 Å². The van der Waals surface area contributed by atoms with Crippen molar-refractivity contribution >= 4 is 11.6 Å². The predicted octanol–water partition coefficient (Wildman–Crippen LogP) is 2.78. The molecule has 2 N–H and O–H groups in total. The molecule has 0 radical (unpaired) electrons. The highest BCUT2D eigenvalue weighted by atomic mass is 16.2. The molecule has 0 spiro atoms. The van der Waals surface area contributed by atoms with Crippen molar-refractivity contribution in [2.45, 2.75) is 19.4 Å². The molecule has 0 saturated heterocycles. The molecule has 0 aliphatic carbocycles. The van der Waals surface area contributed by atoms with Gasteiger partial charge in [-0.15, -0.1) is 0 Å². The van der Waals surface area contributed by atoms with E-state index >= 15 is 0 Å². The number of nitrogens with zero attached hydrogens (tertiary/aromatic N) is 2. The Balaban J connectivity index is 1.92. The number of carbonyl (C=O) groups excluding carboxylic acids is 1. The zero-order valence-electron chi connectivity index (χ0n) is 12.4. The Morgan fingerprint density at radius 2 is 2.14 bits per heavy atom. The van der Waals surface area contributed by atoms with E-state index in [-0.39, 0.29) is 11.9 Å². The first kappa shape index (κ1) is 14.3. The largest absolute Gasteiger partial charge is 0.324 e. The quantitative estimate of drug-likeness (QED) is 0.925. The number of benzene rings is 2. The number of amides is 1. The third-order valence-electron chi connectivity index (χ3n) is 4.01. The van der Waals surface area contributed by atoms with Gasteiger partial charge in [0.2, 0.25) is 0 Å². The molecular weight excluding hydrogens is 274 g/mol. The molecule has 0 bridgehead atoms. The van der Waals surface area contributed by atoms with Crippen LogP contribution in [0.15, 0.2) is 42.5 Å². The van der Waals surface area contributed by atoms with E-state index in [1.165, 1.54) is 0 Å². The Hall–Kier alpha value is -2.64. The van der Waals surface area contributed by atoms with E-state index in [4.69, 9.17) is 11.0 Å². The zero-order chi connectivity index (χ0) is 15.7. The third kappa shape index (κ3) is 2.47. The van der Waals surface area contributed by atoms with Crippen LogP contribution in [0.25, 0.3) is 0 Å². The fourth-order valence-electron chi connectivity index (χ4n) is 2.79. The summed E-state index contributed by atoms with van der Waals surface area (Å²) in [7, 11) is 0. The molecule has 0 fully saturated rings. The fraction of sp³-hybridized carbons (Fsp3) is 0.222. The lowest BCUT2D eigenvalue weighted by Gasteiger charge is -2.18. The molecular formula is C18H17N3O. The highest BCUT2D eigenvalue weighted by molar-refractivity contribution is 6.07. The molecule has 4 heteroatoms. The molecule has 2 aromatic carbocycles. The SMILES string of the molecule is C[C@@H](N)c1ccc2c(c1)CCN2C(=O)c1cccc(C#N)c1. The van der Waals surface area contributed by atoms with E-state index in [0.29, 0.717) is 17.7 Å². The van der Waals surface area contributed by atoms with Gasteiger partial charge in [0.05, 0.1) is 11.6 Å². The smallest absolute Gasteiger partial charge is 0.258 e. The van der Waals surface area contributed by atoms with Crippen LogP contribution in [0.2, 0.25) is 0 Å². The van der Waals surface area contributed by atoms with Gasteiger partial charge in [0, 0.05) is 23.8 Å². The maximum absolute atomic E-state index is 12.7. The molecule has 0 unspecified atom stereocenters. The first-order chi connectivity index (χ1) is 10.6. The van der Waals surface area contributed by atoms with Gasteiger partial charge >= 0.3 is 0 Å². The minimum Gasteiger partial charge on any atom is -0.324 e. The van der Waals surface area contributed by atoms with Crippen LogP contribution < -0.4 is 10.6 Å². The summed E-state index contributed by atoms with van der Waals surface area (Å²) >= 11 is 0. The number of fused-ring (bicyclic) bond motifs is 1. The molecule has 1 heterocycles. The van der Waals surface area contributed by atoms with Crippen LogP contribution in [-0.4, -0.2) is 12.5 Å². The van der Waals surface area contributed by atoms with Crippen molar-refractivity contribution in [1.29, 1.82) is 5.26 Å². The summed E-state index contributed by atoms with van der Waals surface area (Å²) in [4.78, 5) is 14.5. The minimum absolute atomic E-state index is 0.0117. The van der Waals surface area contributed by atoms with Gasteiger partial charge in [-0.2, -0.15) is 5.26 Å². The molecule has 3 rings (SSSR count). The number of hydrogen-bond acceptors (Lipinski definition) is 3. The Kier molecular flexibility index (Phi) is 3.66. The second-order valence-electron chi connectivity index (χ2n) is 5.58. The summed E-state index contributed by atoms with van der Waals surface area (Å²) in [6.07, 6.45) is 0.833. The molecule has 0 aromatic heterocycles. The van der Waals surface area contributed by atoms with Crippen LogP contribution in [0.4, 0.5) is 5.69 Å². The van der Waals surface area contributed by atoms with Gasteiger partial charge in [0.25, 0.3) is 5.91 Å². The number of nitrogens with two attached hydrogens (primary N) is 1. The van der Waals surface area contributed by atoms with Crippen LogP contribution >= 0.6 is 0 Å². The number of hydrogen-bond donors (Lipinski definition) is 1. The number of carbonyl (C=O) groups is 1. The van der Waals surface area contributed by atoms with Crippen molar-refractivity contribution < 1.29 is 4.79 Å². The van der Waals surface area contributed by atoms with Crippen LogP contribution in [0.5, 0.6) is 0 Å². The van der Waals surface area contributed by atoms with E-state index in [0.717, 1.165) is 23.2 Å². The Labute approximate surface area is 129 Å². The lowest BCUT2D eigenvalue weighted by Crippen LogP contribution is -2.28. The van der Waals surface area contributed by atoms with E-state index in [9.17, 15) is 4.79 Å². The summed E-state index contributed by atoms with van der Waals surface area (Å²) in [5, 5.41) is 8.96. The first-order valence-corrected chi connectivity index (χ1v) is 7.30. The summed E-state index contributed by atoms with van der Waals surface area (Å²) in [5.41, 5.74) is 10.1. The summed E-state index contributed by atoms with van der Waals surface area (Å²) in [6, 6.07) is 14.9. The summed E-state index contributed by atoms with van der Waals surface area (Å²) in [6.45, 7) is 2.61. The molecule has 1 aliphatic heterocycles. The molecule has 1 aliphatic rings. The average molecular weight is 291 g/mol. The standard InChI is InChI=1S/C18H17N3O/c1-12(20)14-5-6-17-15(10-14)7-8-21(17)18(22)16-4-2-3-13(9-16)11-19/h2-6,9-10,12H,7-8,20H2,1H3/t12-/m1/s1. The lowest BCUT2D eigenvalue weighted by molar-refractivity contribution is 0.0989. The van der Waals surface area contributed by atoms with E-state index in [1.54, 1.807) is 29.2 Å². The molecule has 22 heavy (non-hydrogen) atoms. The monoisotopic (exact) mass is 291 g/mol. The Morgan fingerprint density at radius 1 is 1.32 bits per heavy atom. The van der Waals surface area contributed by atoms with Gasteiger partial charge in [0.15, 0.2) is 0 Å². The topological polar surface area (TPSA) is 70.1 Å². The van der Waals surface area contributed by atoms with Crippen LogP contribution in [0, 0.1) is 11.3 Å². The number of rotatable bonds is 2. The average Bonchev–Trinajstić information content (AvgIpc) is 2.97. The maximum Gasteiger partial charge on any atom is 0.258 e. The highest BCUT2D eigenvalue weighted by Gasteiger charge is 2.26. The van der Waals surface area contributed by atoms with Crippen LogP contribution in [0.3, 0.4) is 0 Å². The second kappa shape index (κ2) is 5.63. The maximum atomic E-state index is 12.7. The number of anilines is 1. The predicted molar refractivity (Wildman–Crippen MR) is 85.6 cm³/mol. The zero-order valence-corrected chi connectivity index (χ0v) is 12.4. The normalized spacial score (nSPS) is 14.3. The van der Waals surface area contributed by atoms with Gasteiger partial charge in [-0.05, 0) is 48.7 Å². The summed E-state index contributed by atoms with van der Waals surface area (Å²) < 4.78 is 0. The van der Waals surface area contributed by atoms with Crippen molar-refractivity contribution in [1.82, 2.24) is 0 Å². The van der Waals surface area contributed by atoms with E-state index in [2.05, 4.69) is 12.1 Å². The second-order valence-corrected chi connectivity index (χ2v) is 5.58. The first-order valence-electron chi connectivity index (χ1n) is 7.30. The van der Waals surface area contributed by atoms with Gasteiger partial charge in [0.1, 0.15) is 0 Å². The molecule has 0 saturated carbocycles. The van der Waals surface area contributed by atoms with Crippen molar-refractivity contribution in [2.24, 2.45) is 5.73 Å². The Bertz CT molecular complexity index is 774. The van der Waals surface area contributed by atoms with Gasteiger partial charge < -0.3 is 10.6 Å². The molecule has 4 nitrogen and oxygen atoms in total. The van der Waals surface area contributed by atoms with Crippen LogP contribution in [0.1, 0.15) is 40.0 Å². The van der Waals surface area contributed by atoms with Crippen LogP contribution in [-0.2, 0) is 6.42 Å². The van der Waals surface area contributed by atoms with Gasteiger partial charge in [-0.3, -0.25) is 4.79 Å².